The molecule has 3 aliphatic rings. The van der Waals surface area contributed by atoms with E-state index in [9.17, 15) is 0 Å². The van der Waals surface area contributed by atoms with Crippen molar-refractivity contribution < 1.29 is 4.74 Å². The van der Waals surface area contributed by atoms with Crippen molar-refractivity contribution in [2.45, 2.75) is 25.1 Å². The molecule has 0 aromatic carbocycles. The van der Waals surface area contributed by atoms with Gasteiger partial charge < -0.3 is 4.74 Å². The smallest absolute Gasteiger partial charge is 0.105 e. The molecule has 1 N–H and O–H groups in total. The van der Waals surface area contributed by atoms with Crippen molar-refractivity contribution in [3.8, 4) is 0 Å². The molecule has 2 saturated carbocycles. The average Bonchev–Trinajstić information content (AvgIpc) is 2.66. The van der Waals surface area contributed by atoms with E-state index in [1.54, 1.807) is 0 Å². The third-order valence-electron chi connectivity index (χ3n) is 3.05. The lowest BCUT2D eigenvalue weighted by Gasteiger charge is -2.12. The SMILES string of the molecule is CC1NC2(CO1)C1CC12. The fourth-order valence-corrected chi connectivity index (χ4v) is 2.21. The summed E-state index contributed by atoms with van der Waals surface area (Å²) in [5, 5.41) is 3.48. The summed E-state index contributed by atoms with van der Waals surface area (Å²) >= 11 is 0. The zero-order valence-electron chi connectivity index (χ0n) is 5.55. The van der Waals surface area contributed by atoms with E-state index in [1.807, 2.05) is 0 Å². The maximum atomic E-state index is 5.42. The van der Waals surface area contributed by atoms with Crippen LogP contribution in [0, 0.1) is 11.8 Å². The molecule has 0 aromatic heterocycles. The van der Waals surface area contributed by atoms with Crippen LogP contribution in [-0.2, 0) is 4.74 Å². The molecule has 0 radical (unpaired) electrons. The van der Waals surface area contributed by atoms with Gasteiger partial charge in [0.2, 0.25) is 0 Å². The van der Waals surface area contributed by atoms with E-state index in [0.717, 1.165) is 18.4 Å². The molecule has 1 spiro atoms. The monoisotopic (exact) mass is 125 g/mol. The van der Waals surface area contributed by atoms with E-state index < -0.39 is 0 Å². The molecule has 2 heteroatoms. The van der Waals surface area contributed by atoms with Crippen LogP contribution in [0.4, 0.5) is 0 Å². The second-order valence-electron chi connectivity index (χ2n) is 3.59. The molecule has 3 unspecified atom stereocenters. The van der Waals surface area contributed by atoms with Gasteiger partial charge in [-0.15, -0.1) is 0 Å². The van der Waals surface area contributed by atoms with Crippen LogP contribution in [0.3, 0.4) is 0 Å². The van der Waals surface area contributed by atoms with E-state index in [1.165, 1.54) is 6.42 Å². The number of fused-ring (bicyclic) bond motifs is 3. The molecular formula is C7H11NO. The van der Waals surface area contributed by atoms with Gasteiger partial charge >= 0.3 is 0 Å². The van der Waals surface area contributed by atoms with Gasteiger partial charge in [0.1, 0.15) is 6.23 Å². The average molecular weight is 125 g/mol. The number of rotatable bonds is 0. The van der Waals surface area contributed by atoms with Gasteiger partial charge in [0.05, 0.1) is 12.1 Å². The van der Waals surface area contributed by atoms with E-state index >= 15 is 0 Å². The Kier molecular flexibility index (Phi) is 0.552. The van der Waals surface area contributed by atoms with Gasteiger partial charge in [-0.2, -0.15) is 0 Å². The molecule has 9 heavy (non-hydrogen) atoms. The summed E-state index contributed by atoms with van der Waals surface area (Å²) in [4.78, 5) is 0. The standard InChI is InChI=1S/C7H11NO/c1-4-8-7(3-9-4)5-2-6(5)7/h4-6,8H,2-3H2,1H3. The van der Waals surface area contributed by atoms with Crippen molar-refractivity contribution in [1.82, 2.24) is 5.32 Å². The minimum absolute atomic E-state index is 0.317. The van der Waals surface area contributed by atoms with E-state index in [2.05, 4.69) is 12.2 Å². The second-order valence-corrected chi connectivity index (χ2v) is 3.59. The quantitative estimate of drug-likeness (QED) is 0.504. The van der Waals surface area contributed by atoms with Crippen molar-refractivity contribution in [3.05, 3.63) is 0 Å². The minimum Gasteiger partial charge on any atom is -0.362 e. The van der Waals surface area contributed by atoms with Crippen molar-refractivity contribution >= 4 is 0 Å². The highest BCUT2D eigenvalue weighted by molar-refractivity contribution is 5.31. The predicted molar refractivity (Wildman–Crippen MR) is 32.9 cm³/mol. The fourth-order valence-electron chi connectivity index (χ4n) is 2.21. The molecule has 2 nitrogen and oxygen atoms in total. The van der Waals surface area contributed by atoms with Crippen LogP contribution in [0.5, 0.6) is 0 Å². The zero-order valence-corrected chi connectivity index (χ0v) is 5.55. The Hall–Kier alpha value is -0.0800. The van der Waals surface area contributed by atoms with E-state index in [-0.39, 0.29) is 0 Å². The van der Waals surface area contributed by atoms with Crippen LogP contribution in [0.15, 0.2) is 0 Å². The first-order chi connectivity index (χ1) is 4.33. The van der Waals surface area contributed by atoms with Crippen LogP contribution in [0.1, 0.15) is 13.3 Å². The van der Waals surface area contributed by atoms with Gasteiger partial charge in [-0.05, 0) is 25.2 Å². The number of hydrogen-bond acceptors (Lipinski definition) is 2. The summed E-state index contributed by atoms with van der Waals surface area (Å²) in [6, 6.07) is 0. The highest BCUT2D eigenvalue weighted by atomic mass is 16.5. The van der Waals surface area contributed by atoms with E-state index in [0.29, 0.717) is 11.8 Å². The highest BCUT2D eigenvalue weighted by Crippen LogP contribution is 2.72. The van der Waals surface area contributed by atoms with Crippen molar-refractivity contribution in [2.24, 2.45) is 11.8 Å². The summed E-state index contributed by atoms with van der Waals surface area (Å²) in [7, 11) is 0. The molecule has 0 aromatic rings. The number of hydrogen-bond donors (Lipinski definition) is 1. The predicted octanol–water partition coefficient (Wildman–Crippen LogP) is 0.341. The molecule has 1 aliphatic heterocycles. The normalized spacial score (nSPS) is 68.3. The Morgan fingerprint density at radius 1 is 1.56 bits per heavy atom. The van der Waals surface area contributed by atoms with Crippen molar-refractivity contribution in [3.63, 3.8) is 0 Å². The van der Waals surface area contributed by atoms with Gasteiger partial charge in [0.25, 0.3) is 0 Å². The third kappa shape index (κ3) is 0.383. The first-order valence-electron chi connectivity index (χ1n) is 3.72. The molecule has 3 rings (SSSR count). The van der Waals surface area contributed by atoms with Gasteiger partial charge in [-0.25, -0.2) is 0 Å². The molecule has 1 heterocycles. The Bertz CT molecular complexity index is 160. The lowest BCUT2D eigenvalue weighted by atomic mass is 10.1. The minimum atomic E-state index is 0.317. The van der Waals surface area contributed by atoms with Gasteiger partial charge in [0, 0.05) is 0 Å². The van der Waals surface area contributed by atoms with Crippen molar-refractivity contribution in [1.29, 1.82) is 0 Å². The third-order valence-corrected chi connectivity index (χ3v) is 3.05. The number of ether oxygens (including phenoxy) is 1. The fraction of sp³-hybridized carbons (Fsp3) is 1.00. The first kappa shape index (κ1) is 4.69. The molecule has 50 valence electrons. The summed E-state index contributed by atoms with van der Waals surface area (Å²) in [6.07, 6.45) is 1.78. The lowest BCUT2D eigenvalue weighted by Crippen LogP contribution is -2.37. The molecule has 2 aliphatic carbocycles. The second kappa shape index (κ2) is 1.06. The zero-order chi connectivity index (χ0) is 6.06. The first-order valence-corrected chi connectivity index (χ1v) is 3.72. The van der Waals surface area contributed by atoms with Crippen LogP contribution >= 0.6 is 0 Å². The van der Waals surface area contributed by atoms with E-state index in [4.69, 9.17) is 4.74 Å². The molecule has 0 bridgehead atoms. The highest BCUT2D eigenvalue weighted by Gasteiger charge is 2.78. The van der Waals surface area contributed by atoms with Gasteiger partial charge in [-0.3, -0.25) is 5.32 Å². The molecular weight excluding hydrogens is 114 g/mol. The van der Waals surface area contributed by atoms with Gasteiger partial charge in [0.15, 0.2) is 0 Å². The molecule has 0 amide bonds. The summed E-state index contributed by atoms with van der Waals surface area (Å²) in [5.41, 5.74) is 0.499. The summed E-state index contributed by atoms with van der Waals surface area (Å²) in [5.74, 6) is 2.00. The van der Waals surface area contributed by atoms with Gasteiger partial charge in [-0.1, -0.05) is 0 Å². The Morgan fingerprint density at radius 2 is 2.33 bits per heavy atom. The molecule has 1 saturated heterocycles. The van der Waals surface area contributed by atoms with Crippen LogP contribution in [-0.4, -0.2) is 18.4 Å². The Balaban J connectivity index is 1.83. The molecule has 3 atom stereocenters. The number of nitrogens with one attached hydrogen (secondary N) is 1. The van der Waals surface area contributed by atoms with Crippen LogP contribution in [0.25, 0.3) is 0 Å². The maximum absolute atomic E-state index is 5.42. The topological polar surface area (TPSA) is 21.3 Å². The summed E-state index contributed by atoms with van der Waals surface area (Å²) in [6.45, 7) is 3.07. The lowest BCUT2D eigenvalue weighted by molar-refractivity contribution is 0.113. The van der Waals surface area contributed by atoms with Crippen LogP contribution in [0.2, 0.25) is 0 Å². The molecule has 3 fully saturated rings. The van der Waals surface area contributed by atoms with Crippen molar-refractivity contribution in [2.75, 3.05) is 6.61 Å². The maximum Gasteiger partial charge on any atom is 0.105 e. The Labute approximate surface area is 54.6 Å². The summed E-state index contributed by atoms with van der Waals surface area (Å²) < 4.78 is 5.42. The van der Waals surface area contributed by atoms with Crippen LogP contribution < -0.4 is 5.32 Å². The largest absolute Gasteiger partial charge is 0.362 e. The Morgan fingerprint density at radius 3 is 2.56 bits per heavy atom.